The van der Waals surface area contributed by atoms with Crippen LogP contribution >= 0.6 is 23.4 Å². The van der Waals surface area contributed by atoms with E-state index < -0.39 is 17.7 Å². The SMILES string of the molecule is Cn1ccnc1Sc1ncc(C(=O)N2CCO[C@H](C(=O)OC(C)(C)C)C2)cc1Cl. The van der Waals surface area contributed by atoms with Crippen molar-refractivity contribution >= 4 is 35.2 Å². The van der Waals surface area contributed by atoms with Crippen molar-refractivity contribution in [3.63, 3.8) is 0 Å². The Kier molecular flexibility index (Phi) is 6.50. The predicted molar refractivity (Wildman–Crippen MR) is 108 cm³/mol. The van der Waals surface area contributed by atoms with Gasteiger partial charge in [0.1, 0.15) is 10.6 Å². The molecule has 0 aliphatic carbocycles. The van der Waals surface area contributed by atoms with Crippen LogP contribution in [0.4, 0.5) is 0 Å². The molecule has 2 aromatic rings. The molecule has 0 radical (unpaired) electrons. The molecule has 0 saturated carbocycles. The number of morpholine rings is 1. The number of aromatic nitrogens is 3. The molecule has 1 aliphatic heterocycles. The van der Waals surface area contributed by atoms with E-state index in [0.717, 1.165) is 5.16 Å². The van der Waals surface area contributed by atoms with Gasteiger partial charge < -0.3 is 18.9 Å². The number of aryl methyl sites for hydroxylation is 1. The third-order valence-corrected chi connectivity index (χ3v) is 5.54. The zero-order valence-electron chi connectivity index (χ0n) is 16.7. The number of nitrogens with zero attached hydrogens (tertiary/aromatic N) is 4. The van der Waals surface area contributed by atoms with E-state index in [1.165, 1.54) is 18.0 Å². The summed E-state index contributed by atoms with van der Waals surface area (Å²) in [6, 6.07) is 1.58. The Morgan fingerprint density at radius 3 is 2.72 bits per heavy atom. The van der Waals surface area contributed by atoms with Crippen LogP contribution in [0.25, 0.3) is 0 Å². The molecule has 0 aromatic carbocycles. The second-order valence-electron chi connectivity index (χ2n) is 7.58. The molecule has 0 bridgehead atoms. The molecule has 1 atom stereocenters. The van der Waals surface area contributed by atoms with Crippen LogP contribution in [0.3, 0.4) is 0 Å². The highest BCUT2D eigenvalue weighted by atomic mass is 35.5. The normalized spacial score (nSPS) is 17.3. The average molecular weight is 439 g/mol. The minimum absolute atomic E-state index is 0.120. The number of halogens is 1. The van der Waals surface area contributed by atoms with Crippen molar-refractivity contribution < 1.29 is 19.1 Å². The monoisotopic (exact) mass is 438 g/mol. The van der Waals surface area contributed by atoms with Crippen LogP contribution < -0.4 is 0 Å². The molecular formula is C19H23ClN4O4S. The van der Waals surface area contributed by atoms with Gasteiger partial charge >= 0.3 is 5.97 Å². The van der Waals surface area contributed by atoms with Gasteiger partial charge in [-0.3, -0.25) is 4.79 Å². The predicted octanol–water partition coefficient (Wildman–Crippen LogP) is 2.80. The van der Waals surface area contributed by atoms with Crippen LogP contribution in [0.2, 0.25) is 5.02 Å². The number of carbonyl (C=O) groups excluding carboxylic acids is 2. The second kappa shape index (κ2) is 8.73. The minimum Gasteiger partial charge on any atom is -0.458 e. The third kappa shape index (κ3) is 5.49. The first-order valence-electron chi connectivity index (χ1n) is 9.08. The maximum atomic E-state index is 12.9. The lowest BCUT2D eigenvalue weighted by Gasteiger charge is -2.33. The van der Waals surface area contributed by atoms with E-state index in [9.17, 15) is 9.59 Å². The van der Waals surface area contributed by atoms with Crippen LogP contribution in [-0.2, 0) is 21.3 Å². The summed E-state index contributed by atoms with van der Waals surface area (Å²) in [6.45, 7) is 6.11. The van der Waals surface area contributed by atoms with Crippen LogP contribution in [0.1, 0.15) is 31.1 Å². The molecule has 1 aliphatic rings. The molecule has 0 unspecified atom stereocenters. The summed E-state index contributed by atoms with van der Waals surface area (Å²) >= 11 is 7.66. The number of imidazole rings is 1. The van der Waals surface area contributed by atoms with Crippen molar-refractivity contribution in [2.24, 2.45) is 7.05 Å². The van der Waals surface area contributed by atoms with Gasteiger partial charge in [-0.2, -0.15) is 0 Å². The van der Waals surface area contributed by atoms with Gasteiger partial charge in [-0.25, -0.2) is 14.8 Å². The number of esters is 1. The molecule has 8 nitrogen and oxygen atoms in total. The van der Waals surface area contributed by atoms with Crippen LogP contribution in [0, 0.1) is 0 Å². The van der Waals surface area contributed by atoms with Gasteiger partial charge in [-0.15, -0.1) is 0 Å². The van der Waals surface area contributed by atoms with Gasteiger partial charge in [0.25, 0.3) is 5.91 Å². The third-order valence-electron chi connectivity index (χ3n) is 4.04. The number of ether oxygens (including phenoxy) is 2. The standard InChI is InChI=1S/C19H23ClN4O4S/c1-19(2,3)28-17(26)14-11-24(7-8-27-14)16(25)12-9-13(20)15(22-10-12)29-18-21-5-6-23(18)4/h5-6,9-10,14H,7-8,11H2,1-4H3/t14-/m0/s1. The Morgan fingerprint density at radius 2 is 2.10 bits per heavy atom. The number of pyridine rings is 1. The molecule has 3 heterocycles. The largest absolute Gasteiger partial charge is 0.458 e. The number of hydrogen-bond donors (Lipinski definition) is 0. The van der Waals surface area contributed by atoms with Crippen LogP contribution in [-0.4, -0.2) is 62.7 Å². The van der Waals surface area contributed by atoms with Gasteiger partial charge in [-0.05, 0) is 38.6 Å². The fourth-order valence-electron chi connectivity index (χ4n) is 2.68. The fourth-order valence-corrected chi connectivity index (χ4v) is 3.72. The maximum Gasteiger partial charge on any atom is 0.337 e. The van der Waals surface area contributed by atoms with E-state index in [4.69, 9.17) is 21.1 Å². The maximum absolute atomic E-state index is 12.9. The summed E-state index contributed by atoms with van der Waals surface area (Å²) in [5, 5.41) is 1.67. The Hall–Kier alpha value is -2.10. The molecule has 0 spiro atoms. The van der Waals surface area contributed by atoms with Crippen molar-refractivity contribution in [2.45, 2.75) is 42.7 Å². The molecule has 2 aromatic heterocycles. The first kappa shape index (κ1) is 21.6. The lowest BCUT2D eigenvalue weighted by molar-refractivity contribution is -0.172. The van der Waals surface area contributed by atoms with Crippen molar-refractivity contribution in [3.8, 4) is 0 Å². The average Bonchev–Trinajstić information content (AvgIpc) is 3.06. The van der Waals surface area contributed by atoms with Crippen molar-refractivity contribution in [2.75, 3.05) is 19.7 Å². The first-order chi connectivity index (χ1) is 13.6. The van der Waals surface area contributed by atoms with E-state index in [0.29, 0.717) is 22.2 Å². The summed E-state index contributed by atoms with van der Waals surface area (Å²) in [5.41, 5.74) is -0.269. The highest BCUT2D eigenvalue weighted by Gasteiger charge is 2.33. The second-order valence-corrected chi connectivity index (χ2v) is 8.94. The zero-order valence-corrected chi connectivity index (χ0v) is 18.3. The topological polar surface area (TPSA) is 86.5 Å². The van der Waals surface area contributed by atoms with Gasteiger partial charge in [-0.1, -0.05) is 11.6 Å². The van der Waals surface area contributed by atoms with E-state index in [-0.39, 0.29) is 19.1 Å². The molecule has 10 heteroatoms. The summed E-state index contributed by atoms with van der Waals surface area (Å²) in [4.78, 5) is 35.3. The van der Waals surface area contributed by atoms with E-state index in [1.807, 2.05) is 17.8 Å². The Morgan fingerprint density at radius 1 is 1.34 bits per heavy atom. The molecule has 1 amide bonds. The van der Waals surface area contributed by atoms with Gasteiger partial charge in [0, 0.05) is 32.2 Å². The summed E-state index contributed by atoms with van der Waals surface area (Å²) in [5.74, 6) is -0.738. The Bertz CT molecular complexity index is 912. The molecule has 156 valence electrons. The summed E-state index contributed by atoms with van der Waals surface area (Å²) in [7, 11) is 1.88. The minimum atomic E-state index is -0.811. The van der Waals surface area contributed by atoms with Crippen LogP contribution in [0.15, 0.2) is 34.8 Å². The lowest BCUT2D eigenvalue weighted by Crippen LogP contribution is -2.50. The number of rotatable bonds is 4. The van der Waals surface area contributed by atoms with Gasteiger partial charge in [0.05, 0.1) is 23.7 Å². The van der Waals surface area contributed by atoms with E-state index in [1.54, 1.807) is 37.9 Å². The smallest absolute Gasteiger partial charge is 0.337 e. The summed E-state index contributed by atoms with van der Waals surface area (Å²) in [6.07, 6.45) is 4.19. The molecule has 1 fully saturated rings. The molecule has 0 N–H and O–H groups in total. The van der Waals surface area contributed by atoms with Crippen molar-refractivity contribution in [1.82, 2.24) is 19.4 Å². The highest BCUT2D eigenvalue weighted by Crippen LogP contribution is 2.31. The van der Waals surface area contributed by atoms with Gasteiger partial charge in [0.15, 0.2) is 11.3 Å². The molecule has 29 heavy (non-hydrogen) atoms. The van der Waals surface area contributed by atoms with Crippen molar-refractivity contribution in [1.29, 1.82) is 0 Å². The van der Waals surface area contributed by atoms with E-state index in [2.05, 4.69) is 9.97 Å². The molecule has 3 rings (SSSR count). The lowest BCUT2D eigenvalue weighted by atomic mass is 10.1. The highest BCUT2D eigenvalue weighted by molar-refractivity contribution is 7.99. The quantitative estimate of drug-likeness (QED) is 0.678. The molecular weight excluding hydrogens is 416 g/mol. The van der Waals surface area contributed by atoms with Crippen LogP contribution in [0.5, 0.6) is 0 Å². The fraction of sp³-hybridized carbons (Fsp3) is 0.474. The Balaban J connectivity index is 1.69. The zero-order chi connectivity index (χ0) is 21.2. The van der Waals surface area contributed by atoms with E-state index >= 15 is 0 Å². The first-order valence-corrected chi connectivity index (χ1v) is 10.3. The number of carbonyl (C=O) groups is 2. The number of amides is 1. The van der Waals surface area contributed by atoms with Crippen molar-refractivity contribution in [3.05, 3.63) is 35.2 Å². The van der Waals surface area contributed by atoms with Gasteiger partial charge in [0.2, 0.25) is 0 Å². The number of hydrogen-bond acceptors (Lipinski definition) is 7. The molecule has 1 saturated heterocycles. The Labute approximate surface area is 178 Å². The summed E-state index contributed by atoms with van der Waals surface area (Å²) < 4.78 is 12.7.